The maximum Gasteiger partial charge on any atom is 0.433 e. The molecule has 0 aromatic carbocycles. The van der Waals surface area contributed by atoms with Crippen LogP contribution < -0.4 is 0 Å². The van der Waals surface area contributed by atoms with Gasteiger partial charge in [0.15, 0.2) is 11.6 Å². The molecule has 0 amide bonds. The molecule has 7 nitrogen and oxygen atoms in total. The lowest BCUT2D eigenvalue weighted by Crippen LogP contribution is -2.09. The van der Waals surface area contributed by atoms with Gasteiger partial charge in [-0.2, -0.15) is 13.2 Å². The van der Waals surface area contributed by atoms with E-state index in [9.17, 15) is 17.4 Å². The summed E-state index contributed by atoms with van der Waals surface area (Å²) in [4.78, 5) is 12.2. The summed E-state index contributed by atoms with van der Waals surface area (Å²) in [6.07, 6.45) is 0.159. The summed E-state index contributed by atoms with van der Waals surface area (Å²) in [7, 11) is 0.328. The van der Waals surface area contributed by atoms with Crippen molar-refractivity contribution in [2.75, 3.05) is 5.75 Å². The molecule has 0 saturated heterocycles. The van der Waals surface area contributed by atoms with E-state index in [1.165, 1.54) is 4.57 Å². The maximum atomic E-state index is 13.0. The molecule has 3 aromatic rings. The minimum atomic E-state index is -4.59. The first kappa shape index (κ1) is 19.6. The van der Waals surface area contributed by atoms with Crippen molar-refractivity contribution in [2.45, 2.75) is 36.8 Å². The lowest BCUT2D eigenvalue weighted by Gasteiger charge is -2.10. The molecule has 0 N–H and O–H groups in total. The minimum Gasteiger partial charge on any atom is -0.307 e. The number of aromatic nitrogens is 6. The maximum absolute atomic E-state index is 13.0. The first-order chi connectivity index (χ1) is 13.8. The second-order valence-corrected chi connectivity index (χ2v) is 8.42. The molecule has 1 fully saturated rings. The molecule has 0 bridgehead atoms. The largest absolute Gasteiger partial charge is 0.433 e. The number of alkyl halides is 3. The first-order valence-corrected chi connectivity index (χ1v) is 10.3. The summed E-state index contributed by atoms with van der Waals surface area (Å²) in [6, 6.07) is 2.71. The number of hydrogen-bond donors (Lipinski definition) is 0. The molecule has 1 atom stereocenters. The molecule has 4 rings (SSSR count). The van der Waals surface area contributed by atoms with Crippen LogP contribution in [0.4, 0.5) is 13.2 Å². The summed E-state index contributed by atoms with van der Waals surface area (Å²) in [5.74, 6) is 1.30. The fourth-order valence-corrected chi connectivity index (χ4v) is 3.93. The molecule has 0 spiro atoms. The molecule has 152 valence electrons. The first-order valence-electron chi connectivity index (χ1n) is 8.97. The highest BCUT2D eigenvalue weighted by Gasteiger charge is 2.33. The van der Waals surface area contributed by atoms with Crippen molar-refractivity contribution in [2.24, 2.45) is 7.05 Å². The van der Waals surface area contributed by atoms with Crippen LogP contribution in [0.5, 0.6) is 0 Å². The Bertz CT molecular complexity index is 1090. The van der Waals surface area contributed by atoms with Crippen LogP contribution in [0.15, 0.2) is 29.6 Å². The average molecular weight is 422 g/mol. The summed E-state index contributed by atoms with van der Waals surface area (Å²) in [5.41, 5.74) is 0.368. The van der Waals surface area contributed by atoms with Crippen molar-refractivity contribution in [1.29, 1.82) is 0 Å². The third-order valence-electron chi connectivity index (χ3n) is 4.70. The molecule has 3 heterocycles. The fourth-order valence-electron chi connectivity index (χ4n) is 2.99. The van der Waals surface area contributed by atoms with Crippen molar-refractivity contribution in [3.05, 3.63) is 35.9 Å². The van der Waals surface area contributed by atoms with Crippen molar-refractivity contribution < 1.29 is 17.4 Å². The van der Waals surface area contributed by atoms with Crippen molar-refractivity contribution in [1.82, 2.24) is 29.7 Å². The molecule has 1 aliphatic carbocycles. The Morgan fingerprint density at radius 2 is 1.86 bits per heavy atom. The van der Waals surface area contributed by atoms with Crippen LogP contribution in [0, 0.1) is 0 Å². The van der Waals surface area contributed by atoms with Gasteiger partial charge in [0.25, 0.3) is 0 Å². The highest BCUT2D eigenvalue weighted by atomic mass is 32.2. The van der Waals surface area contributed by atoms with E-state index in [2.05, 4.69) is 25.1 Å². The second-order valence-electron chi connectivity index (χ2n) is 6.72. The molecule has 0 radical (unpaired) electrons. The van der Waals surface area contributed by atoms with Crippen molar-refractivity contribution in [3.8, 4) is 23.0 Å². The van der Waals surface area contributed by atoms with E-state index in [1.807, 2.05) is 13.0 Å². The van der Waals surface area contributed by atoms with Crippen LogP contribution in [0.3, 0.4) is 0 Å². The van der Waals surface area contributed by atoms with Crippen LogP contribution in [0.1, 0.15) is 36.9 Å². The average Bonchev–Trinajstić information content (AvgIpc) is 3.49. The number of hydrogen-bond acceptors (Lipinski definition) is 6. The zero-order valence-electron chi connectivity index (χ0n) is 15.6. The summed E-state index contributed by atoms with van der Waals surface area (Å²) >= 11 is 0. The lowest BCUT2D eigenvalue weighted by molar-refractivity contribution is -0.141. The van der Waals surface area contributed by atoms with Gasteiger partial charge in [0.05, 0.1) is 15.7 Å². The highest BCUT2D eigenvalue weighted by molar-refractivity contribution is 7.85. The van der Waals surface area contributed by atoms with Gasteiger partial charge in [-0.3, -0.25) is 9.19 Å². The summed E-state index contributed by atoms with van der Waals surface area (Å²) in [6.45, 7) is 1.81. The Balaban J connectivity index is 1.79. The van der Waals surface area contributed by atoms with Gasteiger partial charge in [-0.25, -0.2) is 9.97 Å². The number of pyridine rings is 1. The second kappa shape index (κ2) is 7.29. The third-order valence-corrected chi connectivity index (χ3v) is 6.03. The van der Waals surface area contributed by atoms with Gasteiger partial charge in [-0.15, -0.1) is 10.2 Å². The van der Waals surface area contributed by atoms with Gasteiger partial charge in [0.2, 0.25) is 0 Å². The Hall–Kier alpha value is -2.69. The quantitative estimate of drug-likeness (QED) is 0.627. The number of halogens is 3. The molecular weight excluding hydrogens is 405 g/mol. The van der Waals surface area contributed by atoms with Gasteiger partial charge >= 0.3 is 6.18 Å². The van der Waals surface area contributed by atoms with Crippen LogP contribution in [0.2, 0.25) is 0 Å². The smallest absolute Gasteiger partial charge is 0.307 e. The normalized spacial score (nSPS) is 15.5. The Morgan fingerprint density at radius 1 is 1.14 bits per heavy atom. The molecule has 1 unspecified atom stereocenters. The summed E-state index contributed by atoms with van der Waals surface area (Å²) in [5, 5.41) is 8.09. The lowest BCUT2D eigenvalue weighted by atomic mass is 10.2. The van der Waals surface area contributed by atoms with E-state index < -0.39 is 22.7 Å². The van der Waals surface area contributed by atoms with E-state index in [4.69, 9.17) is 0 Å². The zero-order chi connectivity index (χ0) is 20.8. The monoisotopic (exact) mass is 422 g/mol. The van der Waals surface area contributed by atoms with Crippen molar-refractivity contribution in [3.63, 3.8) is 0 Å². The SMILES string of the molecule is CCS(=O)c1cc(C2CC2)cnc1-c1nnc(-c2cc(C(F)(F)F)ncn2)n1C. The number of nitrogens with zero attached hydrogens (tertiary/aromatic N) is 6. The molecule has 1 aliphatic rings. The van der Waals surface area contributed by atoms with Crippen LogP contribution in [0.25, 0.3) is 23.0 Å². The van der Waals surface area contributed by atoms with E-state index in [1.54, 1.807) is 13.2 Å². The Morgan fingerprint density at radius 3 is 2.52 bits per heavy atom. The Kier molecular flexibility index (Phi) is 4.93. The van der Waals surface area contributed by atoms with Crippen LogP contribution in [-0.2, 0) is 24.0 Å². The molecule has 3 aromatic heterocycles. The van der Waals surface area contributed by atoms with Gasteiger partial charge in [0.1, 0.15) is 23.4 Å². The van der Waals surface area contributed by atoms with E-state index in [0.29, 0.717) is 28.1 Å². The van der Waals surface area contributed by atoms with E-state index >= 15 is 0 Å². The topological polar surface area (TPSA) is 86.4 Å². The van der Waals surface area contributed by atoms with Gasteiger partial charge in [-0.1, -0.05) is 6.92 Å². The molecule has 29 heavy (non-hydrogen) atoms. The van der Waals surface area contributed by atoms with Gasteiger partial charge < -0.3 is 4.57 Å². The molecule has 11 heteroatoms. The van der Waals surface area contributed by atoms with E-state index in [-0.39, 0.29) is 11.5 Å². The Labute approximate surface area is 166 Å². The van der Waals surface area contributed by atoms with Crippen LogP contribution >= 0.6 is 0 Å². The van der Waals surface area contributed by atoms with Crippen molar-refractivity contribution >= 4 is 10.8 Å². The summed E-state index contributed by atoms with van der Waals surface area (Å²) < 4.78 is 53.0. The van der Waals surface area contributed by atoms with Gasteiger partial charge in [-0.05, 0) is 36.5 Å². The highest BCUT2D eigenvalue weighted by Crippen LogP contribution is 2.41. The van der Waals surface area contributed by atoms with Gasteiger partial charge in [0, 0.05) is 19.0 Å². The predicted molar refractivity (Wildman–Crippen MR) is 99.2 cm³/mol. The predicted octanol–water partition coefficient (Wildman–Crippen LogP) is 3.36. The van der Waals surface area contributed by atoms with Crippen LogP contribution in [-0.4, -0.2) is 39.7 Å². The molecule has 1 saturated carbocycles. The standard InChI is InChI=1S/C18H17F3N6OS/c1-3-29(28)13-6-11(10-4-5-10)8-22-15(13)17-26-25-16(27(17)2)12-7-14(18(19,20)21)24-9-23-12/h6-10H,3-5H2,1-2H3. The fraction of sp³-hybridized carbons (Fsp3) is 0.389. The third kappa shape index (κ3) is 3.78. The number of rotatable bonds is 5. The minimum absolute atomic E-state index is 0.0126. The molecular formula is C18H17F3N6OS. The van der Waals surface area contributed by atoms with E-state index in [0.717, 1.165) is 30.8 Å². The zero-order valence-corrected chi connectivity index (χ0v) is 16.5. The molecule has 0 aliphatic heterocycles.